The van der Waals surface area contributed by atoms with Crippen molar-refractivity contribution in [2.75, 3.05) is 0 Å². The Bertz CT molecular complexity index is 1370. The minimum absolute atomic E-state index is 1.20. The molecule has 4 aromatic carbocycles. The van der Waals surface area contributed by atoms with Crippen LogP contribution in [0.25, 0.3) is 38.6 Å². The Morgan fingerprint density at radius 1 is 0.690 bits per heavy atom. The van der Waals surface area contributed by atoms with Gasteiger partial charge in [-0.15, -0.1) is 0 Å². The summed E-state index contributed by atoms with van der Waals surface area (Å²) in [6, 6.07) is 24.3. The largest absolute Gasteiger partial charge is 0.294 e. The summed E-state index contributed by atoms with van der Waals surface area (Å²) in [5, 5.41) is 5.18. The first kappa shape index (κ1) is 17.7. The van der Waals surface area contributed by atoms with Gasteiger partial charge in [-0.2, -0.15) is 4.57 Å². The Kier molecular flexibility index (Phi) is 4.02. The lowest BCUT2D eigenvalue weighted by Crippen LogP contribution is -2.29. The van der Waals surface area contributed by atoms with Gasteiger partial charge in [0, 0.05) is 0 Å². The standard InChI is InChI=1S/C27H25N2/c1-18-8-7-9-19(2)26(18)29-15-14-28(4)27(29)24-17-25-22(16-20(24)3)13-12-21-10-5-6-11-23(21)25/h5-17H,1-4H3/q+1. The molecule has 142 valence electrons. The van der Waals surface area contributed by atoms with Crippen molar-refractivity contribution in [1.29, 1.82) is 0 Å². The molecule has 0 unspecified atom stereocenters. The van der Waals surface area contributed by atoms with Crippen LogP contribution in [0.4, 0.5) is 0 Å². The molecule has 2 heteroatoms. The molecule has 0 fully saturated rings. The summed E-state index contributed by atoms with van der Waals surface area (Å²) in [6.07, 6.45) is 4.32. The number of hydrogen-bond acceptors (Lipinski definition) is 0. The van der Waals surface area contributed by atoms with Crippen LogP contribution in [-0.2, 0) is 7.05 Å². The molecule has 0 radical (unpaired) electrons. The van der Waals surface area contributed by atoms with Gasteiger partial charge in [-0.3, -0.25) is 0 Å². The Balaban J connectivity index is 1.84. The highest BCUT2D eigenvalue weighted by Crippen LogP contribution is 2.33. The Morgan fingerprint density at radius 3 is 2.21 bits per heavy atom. The molecule has 0 bridgehead atoms. The normalized spacial score (nSPS) is 11.4. The summed E-state index contributed by atoms with van der Waals surface area (Å²) in [6.45, 7) is 6.59. The average Bonchev–Trinajstić information content (AvgIpc) is 3.08. The van der Waals surface area contributed by atoms with Crippen LogP contribution >= 0.6 is 0 Å². The zero-order chi connectivity index (χ0) is 20.1. The van der Waals surface area contributed by atoms with Gasteiger partial charge in [-0.25, -0.2) is 4.57 Å². The number of benzene rings is 4. The number of imidazole rings is 1. The van der Waals surface area contributed by atoms with E-state index in [2.05, 4.69) is 116 Å². The molecule has 0 saturated heterocycles. The maximum absolute atomic E-state index is 2.37. The highest BCUT2D eigenvalue weighted by Gasteiger charge is 2.23. The molecule has 5 rings (SSSR count). The number of aromatic nitrogens is 2. The van der Waals surface area contributed by atoms with E-state index < -0.39 is 0 Å². The second-order valence-corrected chi connectivity index (χ2v) is 8.02. The second kappa shape index (κ2) is 6.59. The van der Waals surface area contributed by atoms with Crippen molar-refractivity contribution in [1.82, 2.24) is 4.57 Å². The third-order valence-electron chi connectivity index (χ3n) is 6.01. The molecule has 0 saturated carbocycles. The molecule has 0 amide bonds. The van der Waals surface area contributed by atoms with E-state index in [9.17, 15) is 0 Å². The highest BCUT2D eigenvalue weighted by atomic mass is 15.1. The molecule has 29 heavy (non-hydrogen) atoms. The molecule has 5 aromatic rings. The van der Waals surface area contributed by atoms with Crippen LogP contribution in [0.15, 0.2) is 79.1 Å². The van der Waals surface area contributed by atoms with Crippen molar-refractivity contribution < 1.29 is 4.57 Å². The van der Waals surface area contributed by atoms with Gasteiger partial charge in [0.2, 0.25) is 0 Å². The number of aryl methyl sites for hydroxylation is 4. The van der Waals surface area contributed by atoms with E-state index >= 15 is 0 Å². The summed E-state index contributed by atoms with van der Waals surface area (Å²) >= 11 is 0. The van der Waals surface area contributed by atoms with E-state index in [4.69, 9.17) is 0 Å². The van der Waals surface area contributed by atoms with E-state index in [-0.39, 0.29) is 0 Å². The van der Waals surface area contributed by atoms with Gasteiger partial charge in [0.25, 0.3) is 5.82 Å². The zero-order valence-electron chi connectivity index (χ0n) is 17.4. The van der Waals surface area contributed by atoms with Gasteiger partial charge in [-0.05, 0) is 65.1 Å². The number of para-hydroxylation sites is 1. The Labute approximate surface area is 171 Å². The maximum Gasteiger partial charge on any atom is 0.294 e. The van der Waals surface area contributed by atoms with Gasteiger partial charge in [0.05, 0.1) is 12.6 Å². The number of hydrogen-bond donors (Lipinski definition) is 0. The van der Waals surface area contributed by atoms with Gasteiger partial charge in [-0.1, -0.05) is 60.7 Å². The van der Waals surface area contributed by atoms with Gasteiger partial charge in [0.15, 0.2) is 0 Å². The third-order valence-corrected chi connectivity index (χ3v) is 6.01. The minimum atomic E-state index is 1.20. The molecule has 0 atom stereocenters. The lowest BCUT2D eigenvalue weighted by atomic mass is 9.96. The predicted molar refractivity (Wildman–Crippen MR) is 122 cm³/mol. The molecular formula is C27H25N2+. The van der Waals surface area contributed by atoms with Crippen molar-refractivity contribution in [3.63, 3.8) is 0 Å². The first-order valence-electron chi connectivity index (χ1n) is 10.1. The Hall–Kier alpha value is -3.39. The SMILES string of the molecule is Cc1cc2ccc3ccccc3c2cc1-c1n(-c2c(C)cccc2C)cc[n+]1C. The van der Waals surface area contributed by atoms with Crippen molar-refractivity contribution in [2.45, 2.75) is 20.8 Å². The molecule has 0 spiro atoms. The summed E-state index contributed by atoms with van der Waals surface area (Å²) in [4.78, 5) is 0. The summed E-state index contributed by atoms with van der Waals surface area (Å²) in [5.74, 6) is 1.20. The van der Waals surface area contributed by atoms with Gasteiger partial charge >= 0.3 is 0 Å². The van der Waals surface area contributed by atoms with Crippen molar-refractivity contribution >= 4 is 21.5 Å². The van der Waals surface area contributed by atoms with Gasteiger partial charge < -0.3 is 0 Å². The van der Waals surface area contributed by atoms with Crippen LogP contribution < -0.4 is 4.57 Å². The number of nitrogens with zero attached hydrogens (tertiary/aromatic N) is 2. The molecule has 2 nitrogen and oxygen atoms in total. The quantitative estimate of drug-likeness (QED) is 0.256. The van der Waals surface area contributed by atoms with E-state index in [1.165, 1.54) is 55.3 Å². The van der Waals surface area contributed by atoms with E-state index in [1.807, 2.05) is 0 Å². The fourth-order valence-corrected chi connectivity index (χ4v) is 4.57. The lowest BCUT2D eigenvalue weighted by Gasteiger charge is -2.12. The average molecular weight is 378 g/mol. The minimum Gasteiger partial charge on any atom is -0.232 e. The van der Waals surface area contributed by atoms with Crippen molar-refractivity contribution in [2.24, 2.45) is 7.05 Å². The molecule has 0 aliphatic rings. The van der Waals surface area contributed by atoms with Crippen LogP contribution in [0.5, 0.6) is 0 Å². The fraction of sp³-hybridized carbons (Fsp3) is 0.148. The summed E-state index contributed by atoms with van der Waals surface area (Å²) in [5.41, 5.74) is 6.39. The molecule has 1 aromatic heterocycles. The van der Waals surface area contributed by atoms with Crippen molar-refractivity contribution in [3.8, 4) is 17.1 Å². The number of rotatable bonds is 2. The van der Waals surface area contributed by atoms with Crippen molar-refractivity contribution in [3.05, 3.63) is 95.8 Å². The fourth-order valence-electron chi connectivity index (χ4n) is 4.57. The van der Waals surface area contributed by atoms with Gasteiger partial charge in [0.1, 0.15) is 18.1 Å². The van der Waals surface area contributed by atoms with E-state index in [1.54, 1.807) is 0 Å². The first-order chi connectivity index (χ1) is 14.0. The molecule has 0 aliphatic heterocycles. The maximum atomic E-state index is 2.37. The predicted octanol–water partition coefficient (Wildman–Crippen LogP) is 6.20. The lowest BCUT2D eigenvalue weighted by molar-refractivity contribution is -0.659. The second-order valence-electron chi connectivity index (χ2n) is 8.02. The first-order valence-corrected chi connectivity index (χ1v) is 10.1. The van der Waals surface area contributed by atoms with E-state index in [0.29, 0.717) is 0 Å². The smallest absolute Gasteiger partial charge is 0.232 e. The molecular weight excluding hydrogens is 352 g/mol. The summed E-state index contributed by atoms with van der Waals surface area (Å²) < 4.78 is 4.56. The Morgan fingerprint density at radius 2 is 1.41 bits per heavy atom. The van der Waals surface area contributed by atoms with Crippen LogP contribution in [0, 0.1) is 20.8 Å². The summed E-state index contributed by atoms with van der Waals surface area (Å²) in [7, 11) is 2.13. The zero-order valence-corrected chi connectivity index (χ0v) is 17.4. The van der Waals surface area contributed by atoms with Crippen LogP contribution in [0.1, 0.15) is 16.7 Å². The van der Waals surface area contributed by atoms with E-state index in [0.717, 1.165) is 0 Å². The molecule has 0 aliphatic carbocycles. The number of fused-ring (bicyclic) bond motifs is 3. The highest BCUT2D eigenvalue weighted by molar-refractivity contribution is 6.08. The van der Waals surface area contributed by atoms with Crippen LogP contribution in [0.3, 0.4) is 0 Å². The molecule has 0 N–H and O–H groups in total. The van der Waals surface area contributed by atoms with Crippen LogP contribution in [-0.4, -0.2) is 4.57 Å². The monoisotopic (exact) mass is 377 g/mol. The third kappa shape index (κ3) is 2.75. The topological polar surface area (TPSA) is 8.81 Å². The van der Waals surface area contributed by atoms with Crippen LogP contribution in [0.2, 0.25) is 0 Å². The molecule has 1 heterocycles.